The quantitative estimate of drug-likeness (QED) is 0.482. The molecule has 120 valence electrons. The summed E-state index contributed by atoms with van der Waals surface area (Å²) in [6.07, 6.45) is 1.61. The molecule has 0 amide bonds. The second kappa shape index (κ2) is 8.09. The van der Waals surface area contributed by atoms with Gasteiger partial charge in [0.25, 0.3) is 0 Å². The number of ether oxygens (including phenoxy) is 2. The Hall–Kier alpha value is -2.67. The molecule has 0 aliphatic carbocycles. The Kier molecular flexibility index (Phi) is 5.87. The van der Waals surface area contributed by atoms with E-state index in [0.717, 1.165) is 15.4 Å². The van der Waals surface area contributed by atoms with Crippen molar-refractivity contribution in [2.75, 3.05) is 14.2 Å². The highest BCUT2D eigenvalue weighted by atomic mass is 32.2. The normalized spacial score (nSPS) is 10.5. The molecule has 4 N–H and O–H groups in total. The molecule has 0 fully saturated rings. The maximum absolute atomic E-state index is 5.33. The Bertz CT molecular complexity index is 728. The van der Waals surface area contributed by atoms with Crippen molar-refractivity contribution >= 4 is 23.9 Å². The lowest BCUT2D eigenvalue weighted by atomic mass is 10.2. The molecule has 0 unspecified atom stereocenters. The molecule has 0 aliphatic heterocycles. The Balaban J connectivity index is 2.27. The van der Waals surface area contributed by atoms with Crippen molar-refractivity contribution in [3.63, 3.8) is 0 Å². The standard InChI is InChI=1S/C16H18N4O2S/c1-21-13-8-7-12(9-14(13)22-2)23-15-6-4-3-5-11(15)10-19-20-16(17)18/h3-10H,1-2H3,(H4,17,18,20)/b19-10+. The van der Waals surface area contributed by atoms with Gasteiger partial charge in [-0.1, -0.05) is 30.0 Å². The van der Waals surface area contributed by atoms with Crippen LogP contribution in [-0.4, -0.2) is 26.4 Å². The summed E-state index contributed by atoms with van der Waals surface area (Å²) in [7, 11) is 3.22. The minimum atomic E-state index is -0.0775. The van der Waals surface area contributed by atoms with E-state index in [1.165, 1.54) is 0 Å². The minimum Gasteiger partial charge on any atom is -0.493 e. The average Bonchev–Trinajstić information content (AvgIpc) is 2.56. The summed E-state index contributed by atoms with van der Waals surface area (Å²) in [6, 6.07) is 13.6. The third-order valence-electron chi connectivity index (χ3n) is 2.87. The van der Waals surface area contributed by atoms with Crippen LogP contribution in [0.2, 0.25) is 0 Å². The highest BCUT2D eigenvalue weighted by molar-refractivity contribution is 7.99. The van der Waals surface area contributed by atoms with Crippen LogP contribution in [-0.2, 0) is 0 Å². The highest BCUT2D eigenvalue weighted by Gasteiger charge is 2.07. The zero-order chi connectivity index (χ0) is 16.7. The number of benzene rings is 2. The second-order valence-corrected chi connectivity index (χ2v) is 5.54. The van der Waals surface area contributed by atoms with Crippen molar-refractivity contribution in [2.45, 2.75) is 9.79 Å². The van der Waals surface area contributed by atoms with Crippen LogP contribution in [0.15, 0.2) is 62.5 Å². The number of nitrogens with zero attached hydrogens (tertiary/aromatic N) is 2. The number of hydrogen-bond donors (Lipinski definition) is 2. The number of guanidine groups is 1. The fraction of sp³-hybridized carbons (Fsp3) is 0.125. The third-order valence-corrected chi connectivity index (χ3v) is 3.95. The molecule has 6 nitrogen and oxygen atoms in total. The van der Waals surface area contributed by atoms with Crippen LogP contribution >= 0.6 is 11.8 Å². The molecule has 0 aliphatic rings. The van der Waals surface area contributed by atoms with Crippen molar-refractivity contribution in [2.24, 2.45) is 21.7 Å². The molecule has 0 atom stereocenters. The van der Waals surface area contributed by atoms with E-state index < -0.39 is 0 Å². The first-order valence-electron chi connectivity index (χ1n) is 6.75. The first-order chi connectivity index (χ1) is 11.1. The Morgan fingerprint density at radius 2 is 1.78 bits per heavy atom. The molecule has 2 aromatic carbocycles. The summed E-state index contributed by atoms with van der Waals surface area (Å²) in [4.78, 5) is 2.04. The monoisotopic (exact) mass is 330 g/mol. The third kappa shape index (κ3) is 4.65. The van der Waals surface area contributed by atoms with Crippen LogP contribution in [0, 0.1) is 0 Å². The smallest absolute Gasteiger partial charge is 0.211 e. The minimum absolute atomic E-state index is 0.0775. The zero-order valence-corrected chi connectivity index (χ0v) is 13.7. The van der Waals surface area contributed by atoms with Crippen LogP contribution in [0.25, 0.3) is 0 Å². The molecule has 0 saturated heterocycles. The average molecular weight is 330 g/mol. The van der Waals surface area contributed by atoms with Crippen LogP contribution in [0.5, 0.6) is 11.5 Å². The van der Waals surface area contributed by atoms with E-state index in [4.69, 9.17) is 20.9 Å². The van der Waals surface area contributed by atoms with Crippen molar-refractivity contribution in [1.29, 1.82) is 0 Å². The Morgan fingerprint density at radius 1 is 1.04 bits per heavy atom. The van der Waals surface area contributed by atoms with Gasteiger partial charge in [-0.25, -0.2) is 0 Å². The van der Waals surface area contributed by atoms with Gasteiger partial charge in [-0.05, 0) is 24.3 Å². The molecule has 0 heterocycles. The fourth-order valence-corrected chi connectivity index (χ4v) is 2.79. The van der Waals surface area contributed by atoms with Gasteiger partial charge < -0.3 is 20.9 Å². The molecular weight excluding hydrogens is 312 g/mol. The van der Waals surface area contributed by atoms with E-state index in [-0.39, 0.29) is 5.96 Å². The van der Waals surface area contributed by atoms with Crippen LogP contribution < -0.4 is 20.9 Å². The number of methoxy groups -OCH3 is 2. The zero-order valence-electron chi connectivity index (χ0n) is 12.9. The highest BCUT2D eigenvalue weighted by Crippen LogP contribution is 2.36. The summed E-state index contributed by atoms with van der Waals surface area (Å²) in [5, 5.41) is 7.47. The van der Waals surface area contributed by atoms with Gasteiger partial charge in [0.1, 0.15) is 0 Å². The topological polar surface area (TPSA) is 95.2 Å². The van der Waals surface area contributed by atoms with E-state index >= 15 is 0 Å². The van der Waals surface area contributed by atoms with Gasteiger partial charge in [-0.2, -0.15) is 5.10 Å². The van der Waals surface area contributed by atoms with Gasteiger partial charge in [0.05, 0.1) is 20.4 Å². The largest absolute Gasteiger partial charge is 0.493 e. The Labute approximate surface area is 139 Å². The molecule has 0 saturated carbocycles. The summed E-state index contributed by atoms with van der Waals surface area (Å²) in [5.74, 6) is 1.30. The fourth-order valence-electron chi connectivity index (χ4n) is 1.84. The van der Waals surface area contributed by atoms with Crippen LogP contribution in [0.3, 0.4) is 0 Å². The van der Waals surface area contributed by atoms with Gasteiger partial charge in [0.2, 0.25) is 5.96 Å². The first kappa shape index (κ1) is 16.7. The molecule has 23 heavy (non-hydrogen) atoms. The van der Waals surface area contributed by atoms with E-state index in [0.29, 0.717) is 11.5 Å². The van der Waals surface area contributed by atoms with Crippen molar-refractivity contribution in [3.8, 4) is 11.5 Å². The molecule has 2 aromatic rings. The predicted molar refractivity (Wildman–Crippen MR) is 93.5 cm³/mol. The van der Waals surface area contributed by atoms with Gasteiger partial charge in [0.15, 0.2) is 11.5 Å². The van der Waals surface area contributed by atoms with Crippen molar-refractivity contribution in [1.82, 2.24) is 0 Å². The first-order valence-corrected chi connectivity index (χ1v) is 7.56. The predicted octanol–water partition coefficient (Wildman–Crippen LogP) is 2.46. The molecule has 0 bridgehead atoms. The maximum Gasteiger partial charge on any atom is 0.211 e. The van der Waals surface area contributed by atoms with E-state index in [1.807, 2.05) is 42.5 Å². The van der Waals surface area contributed by atoms with E-state index in [2.05, 4.69) is 10.2 Å². The lowest BCUT2D eigenvalue weighted by molar-refractivity contribution is 0.354. The SMILES string of the molecule is COc1ccc(Sc2ccccc2/C=N/N=C(N)N)cc1OC. The lowest BCUT2D eigenvalue weighted by Crippen LogP contribution is -2.21. The number of rotatable bonds is 6. The molecule has 0 radical (unpaired) electrons. The maximum atomic E-state index is 5.33. The van der Waals surface area contributed by atoms with Gasteiger partial charge in [-0.15, -0.1) is 5.10 Å². The Morgan fingerprint density at radius 3 is 2.48 bits per heavy atom. The van der Waals surface area contributed by atoms with E-state index in [1.54, 1.807) is 32.2 Å². The van der Waals surface area contributed by atoms with Crippen molar-refractivity contribution < 1.29 is 9.47 Å². The molecular formula is C16H18N4O2S. The van der Waals surface area contributed by atoms with Crippen LogP contribution in [0.4, 0.5) is 0 Å². The molecule has 7 heteroatoms. The van der Waals surface area contributed by atoms with E-state index in [9.17, 15) is 0 Å². The lowest BCUT2D eigenvalue weighted by Gasteiger charge is -2.10. The number of hydrogen-bond acceptors (Lipinski definition) is 5. The van der Waals surface area contributed by atoms with Crippen LogP contribution in [0.1, 0.15) is 5.56 Å². The number of nitrogens with two attached hydrogens (primary N) is 2. The van der Waals surface area contributed by atoms with Gasteiger partial charge in [0, 0.05) is 15.4 Å². The second-order valence-electron chi connectivity index (χ2n) is 4.43. The van der Waals surface area contributed by atoms with Crippen molar-refractivity contribution in [3.05, 3.63) is 48.0 Å². The van der Waals surface area contributed by atoms with Gasteiger partial charge >= 0.3 is 0 Å². The molecule has 0 spiro atoms. The van der Waals surface area contributed by atoms with Gasteiger partial charge in [-0.3, -0.25) is 0 Å². The molecule has 0 aromatic heterocycles. The summed E-state index contributed by atoms with van der Waals surface area (Å²) >= 11 is 1.58. The molecule has 2 rings (SSSR count). The summed E-state index contributed by atoms with van der Waals surface area (Å²) < 4.78 is 10.6. The summed E-state index contributed by atoms with van der Waals surface area (Å²) in [5.41, 5.74) is 11.4. The summed E-state index contributed by atoms with van der Waals surface area (Å²) in [6.45, 7) is 0.